The number of carbonyl (C=O) groups excluding carboxylic acids is 2. The number of anilines is 1. The highest BCUT2D eigenvalue weighted by atomic mass is 16.5. The number of allylic oxidation sites excluding steroid dienone is 11. The number of hydrogen-bond donors (Lipinski definition) is 1. The molecule has 2 rings (SSSR count). The number of nitrogens with one attached hydrogen (secondary N) is 1. The second kappa shape index (κ2) is 12.7. The highest BCUT2D eigenvalue weighted by Crippen LogP contribution is 2.40. The summed E-state index contributed by atoms with van der Waals surface area (Å²) in [5, 5.41) is 2.67. The van der Waals surface area contributed by atoms with Crippen LogP contribution in [-0.2, 0) is 9.59 Å². The minimum absolute atomic E-state index is 0.151. The van der Waals surface area contributed by atoms with Crippen LogP contribution in [0.5, 0.6) is 5.75 Å². The van der Waals surface area contributed by atoms with Crippen molar-refractivity contribution in [1.29, 1.82) is 0 Å². The predicted octanol–water partition coefficient (Wildman–Crippen LogP) is 7.64. The molecule has 1 amide bonds. The monoisotopic (exact) mass is 459 g/mol. The normalized spacial score (nSPS) is 17.1. The molecule has 1 aromatic rings. The Balaban J connectivity index is 1.87. The van der Waals surface area contributed by atoms with Gasteiger partial charge in [0, 0.05) is 18.7 Å². The Kier molecular flexibility index (Phi) is 10.1. The molecule has 0 heterocycles. The van der Waals surface area contributed by atoms with Gasteiger partial charge in [0.2, 0.25) is 5.91 Å². The molecule has 1 aliphatic carbocycles. The molecule has 4 nitrogen and oxygen atoms in total. The molecule has 0 aromatic heterocycles. The number of benzene rings is 1. The molecule has 4 heteroatoms. The van der Waals surface area contributed by atoms with E-state index in [9.17, 15) is 9.59 Å². The van der Waals surface area contributed by atoms with E-state index in [0.29, 0.717) is 11.4 Å². The zero-order chi connectivity index (χ0) is 25.1. The van der Waals surface area contributed by atoms with E-state index in [1.54, 1.807) is 30.3 Å². The molecule has 0 spiro atoms. The average molecular weight is 460 g/mol. The molecular formula is C30H37NO3. The molecular weight excluding hydrogens is 422 g/mol. The molecule has 0 saturated heterocycles. The fraction of sp³-hybridized carbons (Fsp3) is 0.333. The SMILES string of the molecule is CC(=O)Nc1ccc(OC(=O)C=CC=C(C)C=CC=C(C)C=CC2=C(C)CCCC2(C)C)cc1. The van der Waals surface area contributed by atoms with Gasteiger partial charge in [0.05, 0.1) is 0 Å². The summed E-state index contributed by atoms with van der Waals surface area (Å²) in [4.78, 5) is 23.0. The lowest BCUT2D eigenvalue weighted by Crippen LogP contribution is -2.19. The molecule has 180 valence electrons. The molecule has 0 radical (unpaired) electrons. The van der Waals surface area contributed by atoms with Crippen molar-refractivity contribution in [3.8, 4) is 5.75 Å². The molecule has 0 saturated carbocycles. The second-order valence-corrected chi connectivity index (χ2v) is 9.43. The van der Waals surface area contributed by atoms with Crippen molar-refractivity contribution >= 4 is 17.6 Å². The van der Waals surface area contributed by atoms with E-state index in [0.717, 1.165) is 5.57 Å². The Morgan fingerprint density at radius 3 is 2.18 bits per heavy atom. The number of ether oxygens (including phenoxy) is 1. The maximum Gasteiger partial charge on any atom is 0.336 e. The van der Waals surface area contributed by atoms with Crippen molar-refractivity contribution in [3.05, 3.63) is 95.2 Å². The summed E-state index contributed by atoms with van der Waals surface area (Å²) < 4.78 is 5.26. The first kappa shape index (κ1) is 26.8. The molecule has 1 aromatic carbocycles. The van der Waals surface area contributed by atoms with Gasteiger partial charge in [-0.25, -0.2) is 4.79 Å². The summed E-state index contributed by atoms with van der Waals surface area (Å²) >= 11 is 0. The summed E-state index contributed by atoms with van der Waals surface area (Å²) in [7, 11) is 0. The van der Waals surface area contributed by atoms with Crippen LogP contribution in [-0.4, -0.2) is 11.9 Å². The van der Waals surface area contributed by atoms with Gasteiger partial charge in [-0.05, 0) is 75.3 Å². The van der Waals surface area contributed by atoms with Gasteiger partial charge in [-0.3, -0.25) is 4.79 Å². The third-order valence-corrected chi connectivity index (χ3v) is 5.76. The number of hydrogen-bond acceptors (Lipinski definition) is 3. The van der Waals surface area contributed by atoms with Gasteiger partial charge in [0.1, 0.15) is 5.75 Å². The Labute approximate surface area is 204 Å². The van der Waals surface area contributed by atoms with Crippen LogP contribution in [0, 0.1) is 5.41 Å². The van der Waals surface area contributed by atoms with Gasteiger partial charge in [-0.15, -0.1) is 0 Å². The first-order chi connectivity index (χ1) is 16.1. The molecule has 0 fully saturated rings. The van der Waals surface area contributed by atoms with Gasteiger partial charge in [-0.1, -0.05) is 73.1 Å². The number of carbonyl (C=O) groups is 2. The Hall–Kier alpha value is -3.40. The average Bonchev–Trinajstić information content (AvgIpc) is 2.74. The lowest BCUT2D eigenvalue weighted by atomic mass is 9.72. The third kappa shape index (κ3) is 9.22. The Morgan fingerprint density at radius 2 is 1.56 bits per heavy atom. The van der Waals surface area contributed by atoms with Crippen LogP contribution in [0.25, 0.3) is 0 Å². The van der Waals surface area contributed by atoms with E-state index in [-0.39, 0.29) is 11.3 Å². The van der Waals surface area contributed by atoms with Gasteiger partial charge in [0.15, 0.2) is 0 Å². The van der Waals surface area contributed by atoms with Crippen molar-refractivity contribution in [2.24, 2.45) is 5.41 Å². The summed E-state index contributed by atoms with van der Waals surface area (Å²) in [5.74, 6) is -0.195. The summed E-state index contributed by atoms with van der Waals surface area (Å²) in [6, 6.07) is 6.64. The lowest BCUT2D eigenvalue weighted by Gasteiger charge is -2.32. The minimum atomic E-state index is -0.462. The van der Waals surface area contributed by atoms with Gasteiger partial charge in [-0.2, -0.15) is 0 Å². The minimum Gasteiger partial charge on any atom is -0.423 e. The van der Waals surface area contributed by atoms with E-state index in [1.807, 2.05) is 25.2 Å². The number of esters is 1. The van der Waals surface area contributed by atoms with Crippen LogP contribution in [0.4, 0.5) is 5.69 Å². The maximum atomic E-state index is 12.0. The highest BCUT2D eigenvalue weighted by Gasteiger charge is 2.26. The van der Waals surface area contributed by atoms with Crippen molar-refractivity contribution in [2.75, 3.05) is 5.32 Å². The smallest absolute Gasteiger partial charge is 0.336 e. The molecule has 1 N–H and O–H groups in total. The van der Waals surface area contributed by atoms with E-state index < -0.39 is 5.97 Å². The standard InChI is InChI=1S/C30H37NO3/c1-22(10-7-11-23(2)15-20-28-24(3)13-9-21-30(28,5)6)12-8-14-29(33)34-27-18-16-26(17-19-27)31-25(4)32/h7-8,10-12,14-20H,9,13,21H2,1-6H3,(H,31,32). The number of amides is 1. The molecule has 0 unspecified atom stereocenters. The van der Waals surface area contributed by atoms with E-state index >= 15 is 0 Å². The first-order valence-electron chi connectivity index (χ1n) is 11.7. The van der Waals surface area contributed by atoms with Crippen LogP contribution in [0.1, 0.15) is 60.8 Å². The third-order valence-electron chi connectivity index (χ3n) is 5.76. The van der Waals surface area contributed by atoms with Crippen molar-refractivity contribution in [2.45, 2.75) is 60.8 Å². The fourth-order valence-corrected chi connectivity index (χ4v) is 3.93. The van der Waals surface area contributed by atoms with Gasteiger partial charge in [0.25, 0.3) is 0 Å². The van der Waals surface area contributed by atoms with Crippen LogP contribution < -0.4 is 10.1 Å². The molecule has 0 bridgehead atoms. The van der Waals surface area contributed by atoms with E-state index in [1.165, 1.54) is 49.0 Å². The Bertz CT molecular complexity index is 1060. The molecule has 0 atom stereocenters. The topological polar surface area (TPSA) is 55.4 Å². The Morgan fingerprint density at radius 1 is 0.941 bits per heavy atom. The predicted molar refractivity (Wildman–Crippen MR) is 142 cm³/mol. The van der Waals surface area contributed by atoms with Crippen LogP contribution in [0.3, 0.4) is 0 Å². The van der Waals surface area contributed by atoms with Crippen molar-refractivity contribution < 1.29 is 14.3 Å². The molecule has 34 heavy (non-hydrogen) atoms. The first-order valence-corrected chi connectivity index (χ1v) is 11.7. The van der Waals surface area contributed by atoms with E-state index in [2.05, 4.69) is 51.2 Å². The lowest BCUT2D eigenvalue weighted by molar-refractivity contribution is -0.129. The maximum absolute atomic E-state index is 12.0. The molecule has 1 aliphatic rings. The van der Waals surface area contributed by atoms with Crippen LogP contribution in [0.2, 0.25) is 0 Å². The van der Waals surface area contributed by atoms with Crippen molar-refractivity contribution in [1.82, 2.24) is 0 Å². The summed E-state index contributed by atoms with van der Waals surface area (Å²) in [6.45, 7) is 12.4. The zero-order valence-electron chi connectivity index (χ0n) is 21.3. The quantitative estimate of drug-likeness (QED) is 0.188. The van der Waals surface area contributed by atoms with Gasteiger partial charge >= 0.3 is 5.97 Å². The fourth-order valence-electron chi connectivity index (χ4n) is 3.93. The van der Waals surface area contributed by atoms with Crippen molar-refractivity contribution in [3.63, 3.8) is 0 Å². The van der Waals surface area contributed by atoms with Gasteiger partial charge < -0.3 is 10.1 Å². The highest BCUT2D eigenvalue weighted by molar-refractivity contribution is 5.89. The van der Waals surface area contributed by atoms with Crippen LogP contribution >= 0.6 is 0 Å². The summed E-state index contributed by atoms with van der Waals surface area (Å²) in [6.07, 6.45) is 19.2. The largest absolute Gasteiger partial charge is 0.423 e. The van der Waals surface area contributed by atoms with E-state index in [4.69, 9.17) is 4.74 Å². The summed E-state index contributed by atoms with van der Waals surface area (Å²) in [5.41, 5.74) is 6.07. The zero-order valence-corrected chi connectivity index (χ0v) is 21.3. The van der Waals surface area contributed by atoms with Crippen LogP contribution in [0.15, 0.2) is 95.2 Å². The second-order valence-electron chi connectivity index (χ2n) is 9.43. The molecule has 0 aliphatic heterocycles. The number of rotatable bonds is 8.